The Morgan fingerprint density at radius 2 is 0.692 bits per heavy atom. The zero-order chi connectivity index (χ0) is 54.5. The minimum absolute atomic E-state index is 0. The topological polar surface area (TPSA) is 66.8 Å². The molecule has 12 heteroatoms. The van der Waals surface area contributed by atoms with Crippen LogP contribution in [0.25, 0.3) is 0 Å². The van der Waals surface area contributed by atoms with E-state index in [1.807, 2.05) is 32.5 Å². The van der Waals surface area contributed by atoms with E-state index in [0.29, 0.717) is 39.4 Å². The van der Waals surface area contributed by atoms with Crippen LogP contribution in [0.3, 0.4) is 0 Å². The number of thiazole rings is 2. The van der Waals surface area contributed by atoms with E-state index in [4.69, 9.17) is 9.47 Å². The minimum atomic E-state index is 0. The molecule has 0 N–H and O–H groups in total. The van der Waals surface area contributed by atoms with Crippen LogP contribution in [-0.2, 0) is 57.8 Å². The summed E-state index contributed by atoms with van der Waals surface area (Å²) in [6, 6.07) is 0. The summed E-state index contributed by atoms with van der Waals surface area (Å²) in [5.41, 5.74) is 7.29. The minimum Gasteiger partial charge on any atom is -1.00 e. The summed E-state index contributed by atoms with van der Waals surface area (Å²) in [4.78, 5) is 33.0. The number of carbonyl (C=O) groups is 2. The van der Waals surface area contributed by atoms with Gasteiger partial charge in [0.1, 0.15) is 0 Å². The molecule has 456 valence electrons. The van der Waals surface area contributed by atoms with Gasteiger partial charge in [0.25, 0.3) is 11.8 Å². The van der Waals surface area contributed by atoms with Crippen LogP contribution in [0.2, 0.25) is 0 Å². The lowest BCUT2D eigenvalue weighted by Gasteiger charge is -2.34. The van der Waals surface area contributed by atoms with Crippen LogP contribution in [0.15, 0.2) is 11.0 Å². The smallest absolute Gasteiger partial charge is 0.288 e. The molecule has 2 fully saturated rings. The monoisotopic (exact) mass is 1260 g/mol. The number of aryl methyl sites for hydroxylation is 2. The van der Waals surface area contributed by atoms with Gasteiger partial charge >= 0.3 is 0 Å². The number of aromatic nitrogens is 2. The average Bonchev–Trinajstić information content (AvgIpc) is 4.00. The summed E-state index contributed by atoms with van der Waals surface area (Å²) < 4.78 is 15.8. The second-order valence-electron chi connectivity index (χ2n) is 23.5. The number of carbonyl (C=O) groups excluding carboxylic acids is 2. The maximum atomic E-state index is 13.1. The number of halogens is 2. The highest BCUT2D eigenvalue weighted by atomic mass is 79.9. The predicted octanol–water partition coefficient (Wildman–Crippen LogP) is 11.6. The summed E-state index contributed by atoms with van der Waals surface area (Å²) in [5.74, 6) is 0.491. The van der Waals surface area contributed by atoms with Crippen LogP contribution in [0.5, 0.6) is 0 Å². The van der Waals surface area contributed by atoms with Crippen LogP contribution in [-0.4, -0.2) is 73.2 Å². The molecule has 2 aromatic heterocycles. The van der Waals surface area contributed by atoms with E-state index in [1.165, 1.54) is 267 Å². The van der Waals surface area contributed by atoms with Crippen LogP contribution in [0.4, 0.5) is 0 Å². The summed E-state index contributed by atoms with van der Waals surface area (Å²) >= 11 is 3.75. The van der Waals surface area contributed by atoms with Crippen LogP contribution in [0.1, 0.15) is 307 Å². The fourth-order valence-electron chi connectivity index (χ4n) is 11.5. The fraction of sp³-hybridized carbons (Fsp3) is 0.879. The molecule has 2 aliphatic heterocycles. The van der Waals surface area contributed by atoms with Crippen molar-refractivity contribution in [3.05, 3.63) is 32.2 Å². The Balaban J connectivity index is 0.000000913. The maximum absolute atomic E-state index is 13.1. The SMILES string of the molecule is CCCCCCCCCCCCCCCCCCc1sc[n+](CC(=O)N2CCOCC2)c1CCCCCCCCCCCCCCCCCC.CCCCCc1sc[n+](CC(=O)N2CC(C)OC(C)C2)c1CCCCC.[Br-].[Br-]. The quantitative estimate of drug-likeness (QED) is 0.0489. The first kappa shape index (κ1) is 75.1. The lowest BCUT2D eigenvalue weighted by atomic mass is 10.0. The predicted molar refractivity (Wildman–Crippen MR) is 326 cm³/mol. The van der Waals surface area contributed by atoms with Crippen molar-refractivity contribution in [2.75, 3.05) is 39.4 Å². The zero-order valence-electron chi connectivity index (χ0n) is 51.7. The van der Waals surface area contributed by atoms with Gasteiger partial charge in [0.05, 0.1) is 35.2 Å². The van der Waals surface area contributed by atoms with E-state index < -0.39 is 0 Å². The first-order valence-electron chi connectivity index (χ1n) is 33.1. The summed E-state index contributed by atoms with van der Waals surface area (Å²) in [6.07, 6.45) is 57.5. The lowest BCUT2D eigenvalue weighted by Crippen LogP contribution is -3.00. The highest BCUT2D eigenvalue weighted by molar-refractivity contribution is 7.09. The van der Waals surface area contributed by atoms with Gasteiger partial charge in [-0.1, -0.05) is 269 Å². The van der Waals surface area contributed by atoms with Crippen molar-refractivity contribution < 1.29 is 62.2 Å². The van der Waals surface area contributed by atoms with Gasteiger partial charge in [-0.05, 0) is 52.4 Å². The molecule has 2 aromatic rings. The second kappa shape index (κ2) is 51.7. The Morgan fingerprint density at radius 3 is 1.04 bits per heavy atom. The van der Waals surface area contributed by atoms with Crippen molar-refractivity contribution in [2.45, 2.75) is 337 Å². The second-order valence-corrected chi connectivity index (χ2v) is 25.4. The number of unbranched alkanes of at least 4 members (excludes halogenated alkanes) is 34. The van der Waals surface area contributed by atoms with Crippen molar-refractivity contribution in [2.24, 2.45) is 0 Å². The first-order chi connectivity index (χ1) is 37.3. The van der Waals surface area contributed by atoms with E-state index in [-0.39, 0.29) is 58.0 Å². The first-order valence-corrected chi connectivity index (χ1v) is 34.8. The Morgan fingerprint density at radius 1 is 0.423 bits per heavy atom. The molecule has 0 aliphatic carbocycles. The van der Waals surface area contributed by atoms with E-state index in [1.54, 1.807) is 4.88 Å². The molecule has 78 heavy (non-hydrogen) atoms. The molecule has 0 saturated carbocycles. The van der Waals surface area contributed by atoms with E-state index in [9.17, 15) is 9.59 Å². The molecule has 2 aliphatic rings. The van der Waals surface area contributed by atoms with Gasteiger partial charge in [0.2, 0.25) is 24.1 Å². The number of amides is 2. The molecule has 2 amide bonds. The molecule has 8 nitrogen and oxygen atoms in total. The Hall–Kier alpha value is -0.920. The number of nitrogens with zero attached hydrogens (tertiary/aromatic N) is 4. The van der Waals surface area contributed by atoms with Crippen molar-refractivity contribution >= 4 is 34.5 Å². The van der Waals surface area contributed by atoms with Gasteiger partial charge in [0, 0.05) is 39.0 Å². The Bertz CT molecular complexity index is 1680. The van der Waals surface area contributed by atoms with Crippen molar-refractivity contribution in [3.8, 4) is 0 Å². The van der Waals surface area contributed by atoms with Crippen molar-refractivity contribution in [1.82, 2.24) is 9.80 Å². The molecule has 0 aromatic carbocycles. The molecule has 4 heterocycles. The van der Waals surface area contributed by atoms with Crippen LogP contribution >= 0.6 is 22.7 Å². The van der Waals surface area contributed by atoms with E-state index >= 15 is 0 Å². The molecule has 4 rings (SSSR count). The van der Waals surface area contributed by atoms with Crippen LogP contribution in [0, 0.1) is 0 Å². The summed E-state index contributed by atoms with van der Waals surface area (Å²) in [7, 11) is 0. The van der Waals surface area contributed by atoms with Gasteiger partial charge in [-0.15, -0.1) is 0 Å². The molecule has 2 unspecified atom stereocenters. The lowest BCUT2D eigenvalue weighted by molar-refractivity contribution is -0.688. The number of hydrogen-bond donors (Lipinski definition) is 0. The number of ether oxygens (including phenoxy) is 2. The van der Waals surface area contributed by atoms with Gasteiger partial charge < -0.3 is 53.2 Å². The standard InChI is InChI=1S/C45H85N2O2S.C21H37N2O2S.2BrH/c1-3-5-7-9-11-13-15-17-19-21-23-25-27-29-31-33-35-43-44(50-42-47(43)41-45(48)46-37-39-49-40-38-46)36-34-32-30-28-26-24-22-20-18-16-14-12-10-8-6-4-2;1-5-7-9-11-19-20(12-10-8-6-2)26-16-23(19)15-21(24)22-13-17(3)25-18(4)14-22;;/h42H,3-41H2,1-2H3;16-18H,5-15H2,1-4H3;2*1H/q2*+1;;/p-2. The maximum Gasteiger partial charge on any atom is 0.288 e. The molecule has 0 radical (unpaired) electrons. The van der Waals surface area contributed by atoms with Gasteiger partial charge in [-0.2, -0.15) is 9.13 Å². The van der Waals surface area contributed by atoms with Crippen molar-refractivity contribution in [1.29, 1.82) is 0 Å². The van der Waals surface area contributed by atoms with Gasteiger partial charge in [-0.3, -0.25) is 9.59 Å². The third-order valence-electron chi connectivity index (χ3n) is 16.3. The van der Waals surface area contributed by atoms with Crippen molar-refractivity contribution in [3.63, 3.8) is 0 Å². The molecule has 0 spiro atoms. The number of hydrogen-bond acceptors (Lipinski definition) is 6. The van der Waals surface area contributed by atoms with Crippen LogP contribution < -0.4 is 43.1 Å². The van der Waals surface area contributed by atoms with E-state index in [0.717, 1.165) is 32.4 Å². The third-order valence-corrected chi connectivity index (χ3v) is 18.4. The van der Waals surface area contributed by atoms with Gasteiger partial charge in [-0.25, -0.2) is 0 Å². The molecule has 2 saturated heterocycles. The summed E-state index contributed by atoms with van der Waals surface area (Å²) in [6.45, 7) is 18.4. The third kappa shape index (κ3) is 35.9. The highest BCUT2D eigenvalue weighted by Crippen LogP contribution is 2.23. The Labute approximate surface area is 511 Å². The fourth-order valence-corrected chi connectivity index (χ4v) is 13.7. The molecule has 2 atom stereocenters. The highest BCUT2D eigenvalue weighted by Gasteiger charge is 2.30. The normalized spacial score (nSPS) is 15.5. The number of rotatable bonds is 46. The molecular formula is C66H122Br2N4O4S2. The Kier molecular flexibility index (Phi) is 49.8. The van der Waals surface area contributed by atoms with Gasteiger partial charge in [0.15, 0.2) is 11.4 Å². The zero-order valence-corrected chi connectivity index (χ0v) is 56.5. The summed E-state index contributed by atoms with van der Waals surface area (Å²) in [5, 5.41) is 0. The largest absolute Gasteiger partial charge is 1.00 e. The number of morpholine rings is 2. The molecule has 0 bridgehead atoms. The molecular weight excluding hydrogens is 1140 g/mol. The van der Waals surface area contributed by atoms with E-state index in [2.05, 4.69) is 61.7 Å². The average molecular weight is 1260 g/mol.